The average Bonchev–Trinajstić information content (AvgIpc) is 2.67. The van der Waals surface area contributed by atoms with Crippen molar-refractivity contribution >= 4 is 11.8 Å². The molecule has 1 heterocycles. The first-order valence-electron chi connectivity index (χ1n) is 9.48. The SMILES string of the molecule is COc1c(C)cnc(CN(C(=O)O)c2cc(C)cc(-c3cccc(C)c3)c2)c1C. The number of hydrogen-bond acceptors (Lipinski definition) is 3. The summed E-state index contributed by atoms with van der Waals surface area (Å²) in [7, 11) is 1.61. The molecule has 1 N–H and O–H groups in total. The molecule has 0 saturated carbocycles. The second-order valence-electron chi connectivity index (χ2n) is 7.34. The summed E-state index contributed by atoms with van der Waals surface area (Å²) in [6.45, 7) is 7.99. The van der Waals surface area contributed by atoms with Crippen LogP contribution in [0.1, 0.15) is 27.9 Å². The minimum atomic E-state index is -1.02. The number of hydrogen-bond donors (Lipinski definition) is 1. The predicted octanol–water partition coefficient (Wildman–Crippen LogP) is 5.68. The van der Waals surface area contributed by atoms with E-state index in [0.29, 0.717) is 11.4 Å². The Morgan fingerprint density at radius 1 is 1.03 bits per heavy atom. The Bertz CT molecular complexity index is 1060. The molecule has 150 valence electrons. The fourth-order valence-electron chi connectivity index (χ4n) is 3.56. The zero-order valence-corrected chi connectivity index (χ0v) is 17.5. The van der Waals surface area contributed by atoms with Crippen LogP contribution in [0, 0.1) is 27.7 Å². The largest absolute Gasteiger partial charge is 0.496 e. The Labute approximate surface area is 171 Å². The van der Waals surface area contributed by atoms with Gasteiger partial charge in [0, 0.05) is 23.0 Å². The van der Waals surface area contributed by atoms with Crippen LogP contribution in [-0.2, 0) is 6.54 Å². The van der Waals surface area contributed by atoms with Gasteiger partial charge in [-0.05, 0) is 56.5 Å². The highest BCUT2D eigenvalue weighted by Gasteiger charge is 2.20. The van der Waals surface area contributed by atoms with Crippen LogP contribution in [0.2, 0.25) is 0 Å². The van der Waals surface area contributed by atoms with Gasteiger partial charge in [0.25, 0.3) is 0 Å². The molecule has 0 aliphatic carbocycles. The molecule has 29 heavy (non-hydrogen) atoms. The third kappa shape index (κ3) is 4.40. The Morgan fingerprint density at radius 2 is 1.76 bits per heavy atom. The van der Waals surface area contributed by atoms with Crippen molar-refractivity contribution < 1.29 is 14.6 Å². The zero-order chi connectivity index (χ0) is 21.1. The van der Waals surface area contributed by atoms with E-state index in [2.05, 4.69) is 17.1 Å². The maximum absolute atomic E-state index is 12.1. The number of methoxy groups -OCH3 is 1. The summed E-state index contributed by atoms with van der Waals surface area (Å²) in [6, 6.07) is 14.0. The van der Waals surface area contributed by atoms with Gasteiger partial charge in [0.1, 0.15) is 5.75 Å². The van der Waals surface area contributed by atoms with Crippen molar-refractivity contribution in [1.29, 1.82) is 0 Å². The van der Waals surface area contributed by atoms with Crippen molar-refractivity contribution in [2.75, 3.05) is 12.0 Å². The number of benzene rings is 2. The van der Waals surface area contributed by atoms with E-state index in [1.54, 1.807) is 13.3 Å². The number of carbonyl (C=O) groups is 1. The molecule has 1 aromatic heterocycles. The summed E-state index contributed by atoms with van der Waals surface area (Å²) in [4.78, 5) is 17.9. The van der Waals surface area contributed by atoms with Crippen molar-refractivity contribution in [2.24, 2.45) is 0 Å². The van der Waals surface area contributed by atoms with Gasteiger partial charge in [0.05, 0.1) is 19.3 Å². The van der Waals surface area contributed by atoms with Gasteiger partial charge in [0.15, 0.2) is 0 Å². The molecule has 0 aliphatic rings. The fraction of sp³-hybridized carbons (Fsp3) is 0.250. The van der Waals surface area contributed by atoms with Gasteiger partial charge < -0.3 is 9.84 Å². The third-order valence-corrected chi connectivity index (χ3v) is 5.01. The van der Waals surface area contributed by atoms with E-state index in [9.17, 15) is 9.90 Å². The Kier molecular flexibility index (Phi) is 5.87. The molecule has 0 aliphatic heterocycles. The van der Waals surface area contributed by atoms with Crippen molar-refractivity contribution in [1.82, 2.24) is 4.98 Å². The normalized spacial score (nSPS) is 10.7. The minimum Gasteiger partial charge on any atom is -0.496 e. The van der Waals surface area contributed by atoms with Crippen molar-refractivity contribution in [3.05, 3.63) is 76.6 Å². The smallest absolute Gasteiger partial charge is 0.412 e. The van der Waals surface area contributed by atoms with Gasteiger partial charge in [-0.2, -0.15) is 0 Å². The second kappa shape index (κ2) is 8.35. The molecule has 3 aromatic rings. The molecule has 2 aromatic carbocycles. The molecule has 0 spiro atoms. The number of nitrogens with zero attached hydrogens (tertiary/aromatic N) is 2. The van der Waals surface area contributed by atoms with Gasteiger partial charge >= 0.3 is 6.09 Å². The lowest BCUT2D eigenvalue weighted by Gasteiger charge is -2.22. The summed E-state index contributed by atoms with van der Waals surface area (Å²) in [5, 5.41) is 9.92. The summed E-state index contributed by atoms with van der Waals surface area (Å²) in [5.41, 5.74) is 7.28. The lowest BCUT2D eigenvalue weighted by molar-refractivity contribution is 0.201. The molecule has 0 bridgehead atoms. The van der Waals surface area contributed by atoms with Crippen molar-refractivity contribution in [3.63, 3.8) is 0 Å². The molecule has 1 amide bonds. The van der Waals surface area contributed by atoms with Crippen LogP contribution in [0.4, 0.5) is 10.5 Å². The first-order valence-corrected chi connectivity index (χ1v) is 9.48. The molecule has 0 radical (unpaired) electrons. The summed E-state index contributed by atoms with van der Waals surface area (Å²) in [6.07, 6.45) is 0.696. The molecule has 0 atom stereocenters. The van der Waals surface area contributed by atoms with Crippen LogP contribution in [0.25, 0.3) is 11.1 Å². The minimum absolute atomic E-state index is 0.147. The maximum Gasteiger partial charge on any atom is 0.412 e. The van der Waals surface area contributed by atoms with Gasteiger partial charge in [-0.25, -0.2) is 4.79 Å². The number of amides is 1. The summed E-state index contributed by atoms with van der Waals surface area (Å²) >= 11 is 0. The number of rotatable bonds is 5. The number of carboxylic acid groups (broad SMARTS) is 1. The van der Waals surface area contributed by atoms with Gasteiger partial charge in [-0.15, -0.1) is 0 Å². The number of aryl methyl sites for hydroxylation is 3. The lowest BCUT2D eigenvalue weighted by atomic mass is 10.0. The first-order chi connectivity index (χ1) is 13.8. The van der Waals surface area contributed by atoms with Crippen LogP contribution in [-0.4, -0.2) is 23.3 Å². The number of pyridine rings is 1. The molecular formula is C24H26N2O3. The topological polar surface area (TPSA) is 62.7 Å². The molecule has 3 rings (SSSR count). The Morgan fingerprint density at radius 3 is 2.41 bits per heavy atom. The lowest BCUT2D eigenvalue weighted by Crippen LogP contribution is -2.29. The average molecular weight is 390 g/mol. The Hall–Kier alpha value is -3.34. The van der Waals surface area contributed by atoms with E-state index >= 15 is 0 Å². The molecule has 0 fully saturated rings. The van der Waals surface area contributed by atoms with Crippen LogP contribution < -0.4 is 9.64 Å². The standard InChI is InChI=1S/C24H26N2O3/c1-15-7-6-8-19(9-15)20-10-16(2)11-21(12-20)26(24(27)28)14-22-18(4)23(29-5)17(3)13-25-22/h6-13H,14H2,1-5H3,(H,27,28). The van der Waals surface area contributed by atoms with E-state index in [4.69, 9.17) is 4.74 Å². The maximum atomic E-state index is 12.1. The number of ether oxygens (including phenoxy) is 1. The number of anilines is 1. The van der Waals surface area contributed by atoms with E-state index < -0.39 is 6.09 Å². The third-order valence-electron chi connectivity index (χ3n) is 5.01. The molecular weight excluding hydrogens is 364 g/mol. The highest BCUT2D eigenvalue weighted by molar-refractivity contribution is 5.87. The summed E-state index contributed by atoms with van der Waals surface area (Å²) < 4.78 is 5.47. The van der Waals surface area contributed by atoms with E-state index in [0.717, 1.165) is 39.1 Å². The monoisotopic (exact) mass is 390 g/mol. The van der Waals surface area contributed by atoms with Crippen LogP contribution >= 0.6 is 0 Å². The van der Waals surface area contributed by atoms with E-state index in [-0.39, 0.29) is 6.54 Å². The van der Waals surface area contributed by atoms with E-state index in [1.807, 2.05) is 58.0 Å². The zero-order valence-electron chi connectivity index (χ0n) is 17.5. The van der Waals surface area contributed by atoms with Gasteiger partial charge in [0.2, 0.25) is 0 Å². The highest BCUT2D eigenvalue weighted by Crippen LogP contribution is 2.30. The Balaban J connectivity index is 2.04. The molecule has 5 heteroatoms. The second-order valence-corrected chi connectivity index (χ2v) is 7.34. The first kappa shape index (κ1) is 20.4. The van der Waals surface area contributed by atoms with Gasteiger partial charge in [-0.1, -0.05) is 35.9 Å². The quantitative estimate of drug-likeness (QED) is 0.609. The number of aromatic nitrogens is 1. The van der Waals surface area contributed by atoms with Crippen molar-refractivity contribution in [2.45, 2.75) is 34.2 Å². The molecule has 0 unspecified atom stereocenters. The highest BCUT2D eigenvalue weighted by atomic mass is 16.5. The molecule has 0 saturated heterocycles. The predicted molar refractivity (Wildman–Crippen MR) is 116 cm³/mol. The van der Waals surface area contributed by atoms with E-state index in [1.165, 1.54) is 4.90 Å². The van der Waals surface area contributed by atoms with Crippen LogP contribution in [0.3, 0.4) is 0 Å². The van der Waals surface area contributed by atoms with Crippen LogP contribution in [0.15, 0.2) is 48.7 Å². The van der Waals surface area contributed by atoms with Crippen LogP contribution in [0.5, 0.6) is 5.75 Å². The summed E-state index contributed by atoms with van der Waals surface area (Å²) in [5.74, 6) is 0.741. The van der Waals surface area contributed by atoms with Gasteiger partial charge in [-0.3, -0.25) is 9.88 Å². The molecule has 5 nitrogen and oxygen atoms in total. The van der Waals surface area contributed by atoms with Crippen molar-refractivity contribution in [3.8, 4) is 16.9 Å². The fourth-order valence-corrected chi connectivity index (χ4v) is 3.56.